The Kier molecular flexibility index (Phi) is 26.3. The van der Waals surface area contributed by atoms with Crippen LogP contribution in [0.5, 0.6) is 0 Å². The lowest BCUT2D eigenvalue weighted by Crippen LogP contribution is -2.71. The molecule has 74 heavy (non-hydrogen) atoms. The summed E-state index contributed by atoms with van der Waals surface area (Å²) in [5.74, 6) is -3.01. The molecule has 0 spiro atoms. The highest BCUT2D eigenvalue weighted by Gasteiger charge is 2.57. The number of ether oxygens (including phenoxy) is 7. The molecule has 0 aromatic rings. The Balaban J connectivity index is 1.50. The van der Waals surface area contributed by atoms with Crippen LogP contribution in [-0.4, -0.2) is 225 Å². The number of rotatable bonds is 28. The molecule has 4 heterocycles. The van der Waals surface area contributed by atoms with Crippen LogP contribution < -0.4 is 21.3 Å². The van der Waals surface area contributed by atoms with Crippen molar-refractivity contribution in [1.82, 2.24) is 21.3 Å². The Labute approximate surface area is 429 Å². The molecule has 4 rings (SSSR count). The minimum atomic E-state index is -5.42. The van der Waals surface area contributed by atoms with E-state index >= 15 is 0 Å². The third-order valence-electron chi connectivity index (χ3n) is 12.8. The van der Waals surface area contributed by atoms with Gasteiger partial charge in [0, 0.05) is 27.2 Å². The monoisotopic (exact) mass is 1090 g/mol. The summed E-state index contributed by atoms with van der Waals surface area (Å²) in [6.07, 6.45) is -15.0. The van der Waals surface area contributed by atoms with Crippen LogP contribution in [0.4, 0.5) is 0 Å². The second kappa shape index (κ2) is 30.7. The summed E-state index contributed by atoms with van der Waals surface area (Å²) in [4.78, 5) is 50.3. The maximum absolute atomic E-state index is 13.3. The third-order valence-corrected chi connectivity index (χ3v) is 13.3. The second-order valence-electron chi connectivity index (χ2n) is 18.7. The SMILES string of the molecule is CCCCCC/C=C\CCCCCCCC(=O)NC1[C@H](O[C@@H]2C(CO)O[C@@H](O[C@@H]3C(CO)O[C@@H](O[C@@H]4C(OS(=O)(=O)O)O[C@@H](O)C(NC(C)=O)[C@H]4O)C(NC(C)=O)[C@H]3O)C(NC(C)=O)[C@H]2O)OC(CO)[C@@H](O)[C@@H]1O. The van der Waals surface area contributed by atoms with Crippen molar-refractivity contribution in [3.63, 3.8) is 0 Å². The van der Waals surface area contributed by atoms with Crippen molar-refractivity contribution in [1.29, 1.82) is 0 Å². The maximum atomic E-state index is 13.3. The molecule has 0 aromatic heterocycles. The molecular weight excluding hydrogens is 1010 g/mol. The number of carbonyl (C=O) groups excluding carboxylic acids is 4. The molecule has 4 aliphatic heterocycles. The molecule has 29 heteroatoms. The molecule has 0 bridgehead atoms. The Morgan fingerprint density at radius 2 is 0.905 bits per heavy atom. The summed E-state index contributed by atoms with van der Waals surface area (Å²) in [7, 11) is -5.42. The molecule has 4 amide bonds. The zero-order chi connectivity index (χ0) is 54.9. The molecule has 20 atom stereocenters. The summed E-state index contributed by atoms with van der Waals surface area (Å²) in [6, 6.07) is -6.76. The van der Waals surface area contributed by atoms with Crippen LogP contribution in [0.15, 0.2) is 12.2 Å². The highest BCUT2D eigenvalue weighted by atomic mass is 32.3. The largest absolute Gasteiger partial charge is 0.399 e. The molecule has 0 saturated carbocycles. The van der Waals surface area contributed by atoms with Crippen LogP contribution in [0.3, 0.4) is 0 Å². The van der Waals surface area contributed by atoms with Gasteiger partial charge in [0.15, 0.2) is 25.2 Å². The Bertz CT molecular complexity index is 1890. The molecular formula is C45H78N4O24S. The van der Waals surface area contributed by atoms with E-state index in [2.05, 4.69) is 44.5 Å². The van der Waals surface area contributed by atoms with Gasteiger partial charge in [-0.2, -0.15) is 8.42 Å². The Morgan fingerprint density at radius 3 is 1.36 bits per heavy atom. The predicted octanol–water partition coefficient (Wildman–Crippen LogP) is -4.15. The highest BCUT2D eigenvalue weighted by Crippen LogP contribution is 2.35. The van der Waals surface area contributed by atoms with Crippen molar-refractivity contribution < 1.29 is 115 Å². The van der Waals surface area contributed by atoms with Crippen molar-refractivity contribution in [2.24, 2.45) is 0 Å². The minimum absolute atomic E-state index is 0.0234. The molecule has 4 saturated heterocycles. The lowest BCUT2D eigenvalue weighted by atomic mass is 9.93. The topological polar surface area (TPSA) is 427 Å². The van der Waals surface area contributed by atoms with Gasteiger partial charge in [-0.25, -0.2) is 4.18 Å². The number of unbranched alkanes of at least 4 members (excludes halogenated alkanes) is 9. The quantitative estimate of drug-likeness (QED) is 0.0201. The number of hydrogen-bond donors (Lipinski definition) is 14. The van der Waals surface area contributed by atoms with Gasteiger partial charge >= 0.3 is 10.4 Å². The van der Waals surface area contributed by atoms with E-state index in [0.29, 0.717) is 6.42 Å². The average Bonchev–Trinajstić information content (AvgIpc) is 3.32. The molecule has 428 valence electrons. The number of aliphatic hydroxyl groups is 9. The van der Waals surface area contributed by atoms with E-state index in [4.69, 9.17) is 33.2 Å². The van der Waals surface area contributed by atoms with Crippen LogP contribution in [-0.2, 0) is 66.9 Å². The summed E-state index contributed by atoms with van der Waals surface area (Å²) in [6.45, 7) is 2.38. The van der Waals surface area contributed by atoms with Crippen LogP contribution >= 0.6 is 0 Å². The fraction of sp³-hybridized carbons (Fsp3) is 0.867. The average molecular weight is 1090 g/mol. The van der Waals surface area contributed by atoms with Gasteiger partial charge in [-0.15, -0.1) is 0 Å². The van der Waals surface area contributed by atoms with E-state index in [0.717, 1.165) is 59.3 Å². The third kappa shape index (κ3) is 18.5. The van der Waals surface area contributed by atoms with E-state index in [1.807, 2.05) is 0 Å². The van der Waals surface area contributed by atoms with Crippen LogP contribution in [0, 0.1) is 0 Å². The first-order valence-electron chi connectivity index (χ1n) is 25.0. The summed E-state index contributed by atoms with van der Waals surface area (Å²) in [5.41, 5.74) is 0. The van der Waals surface area contributed by atoms with Crippen LogP contribution in [0.25, 0.3) is 0 Å². The fourth-order valence-electron chi connectivity index (χ4n) is 9.12. The molecule has 4 aliphatic rings. The van der Waals surface area contributed by atoms with E-state index in [9.17, 15) is 78.1 Å². The van der Waals surface area contributed by atoms with Gasteiger partial charge in [0.25, 0.3) is 0 Å². The Morgan fingerprint density at radius 1 is 0.500 bits per heavy atom. The van der Waals surface area contributed by atoms with E-state index in [1.165, 1.54) is 25.7 Å². The van der Waals surface area contributed by atoms with Gasteiger partial charge in [0.2, 0.25) is 29.9 Å². The van der Waals surface area contributed by atoms with Crippen molar-refractivity contribution in [3.05, 3.63) is 12.2 Å². The number of amides is 4. The van der Waals surface area contributed by atoms with Gasteiger partial charge < -0.3 is 100 Å². The standard InChI is InChI=1S/C45H78N4O24S/c1-5-6-7-8-9-10-11-12-13-14-15-16-17-18-28(56)49-30-34(58)33(57)25(19-50)66-42(30)69-38-26(20-51)67-43(31(36(38)60)47-23(3)54)70-39-27(21-52)68-44(32(37(39)61)48-24(4)55)71-40-35(59)29(46-22(2)53)41(62)72-45(40)73-74(63,64)65/h10-11,25-27,29-45,50-52,57-62H,5-9,12-21H2,1-4H3,(H,46,53)(H,47,54)(H,48,55)(H,49,56)(H,63,64,65)/b11-10-/t25?,26?,27?,29?,30?,31?,32?,33-,34-,35-,36-,37-,38-,39-,40+,41-,42+,43+,44+,45?/m1/s1. The van der Waals surface area contributed by atoms with Crippen molar-refractivity contribution >= 4 is 34.0 Å². The smallest absolute Gasteiger partial charge is 0.394 e. The molecule has 28 nitrogen and oxygen atoms in total. The number of hydrogen-bond acceptors (Lipinski definition) is 23. The zero-order valence-corrected chi connectivity index (χ0v) is 42.7. The maximum Gasteiger partial charge on any atom is 0.399 e. The molecule has 14 N–H and O–H groups in total. The predicted molar refractivity (Wildman–Crippen MR) is 250 cm³/mol. The normalized spacial score (nSPS) is 36.8. The zero-order valence-electron chi connectivity index (χ0n) is 41.9. The number of aliphatic hydroxyl groups excluding tert-OH is 9. The van der Waals surface area contributed by atoms with Crippen molar-refractivity contribution in [3.8, 4) is 0 Å². The van der Waals surface area contributed by atoms with Gasteiger partial charge in [0.05, 0.1) is 19.8 Å². The van der Waals surface area contributed by atoms with Gasteiger partial charge in [-0.05, 0) is 32.1 Å². The van der Waals surface area contributed by atoms with Gasteiger partial charge in [0.1, 0.15) is 91.3 Å². The summed E-state index contributed by atoms with van der Waals surface area (Å²) < 4.78 is 78.1. The Hall–Kier alpha value is -3.15. The molecule has 0 aromatic carbocycles. The molecule has 4 fully saturated rings. The first-order valence-corrected chi connectivity index (χ1v) is 26.3. The van der Waals surface area contributed by atoms with Gasteiger partial charge in [-0.1, -0.05) is 57.6 Å². The molecule has 0 aliphatic carbocycles. The highest BCUT2D eigenvalue weighted by molar-refractivity contribution is 7.80. The lowest BCUT2D eigenvalue weighted by molar-refractivity contribution is -0.369. The van der Waals surface area contributed by atoms with Crippen molar-refractivity contribution in [2.75, 3.05) is 19.8 Å². The number of nitrogens with one attached hydrogen (secondary N) is 4. The molecule has 8 unspecified atom stereocenters. The minimum Gasteiger partial charge on any atom is -0.394 e. The van der Waals surface area contributed by atoms with Crippen molar-refractivity contribution in [2.45, 2.75) is 228 Å². The van der Waals surface area contributed by atoms with E-state index in [-0.39, 0.29) is 6.42 Å². The first-order chi connectivity index (χ1) is 35.0. The summed E-state index contributed by atoms with van der Waals surface area (Å²) in [5, 5.41) is 108. The van der Waals surface area contributed by atoms with Crippen LogP contribution in [0.2, 0.25) is 0 Å². The lowest BCUT2D eigenvalue weighted by Gasteiger charge is -2.50. The molecule has 0 radical (unpaired) electrons. The number of allylic oxidation sites excluding steroid dienone is 2. The fourth-order valence-corrected chi connectivity index (χ4v) is 9.52. The summed E-state index contributed by atoms with van der Waals surface area (Å²) >= 11 is 0. The second-order valence-corrected chi connectivity index (χ2v) is 19.8. The van der Waals surface area contributed by atoms with E-state index in [1.54, 1.807) is 0 Å². The van der Waals surface area contributed by atoms with Crippen LogP contribution in [0.1, 0.15) is 105 Å². The number of carbonyl (C=O) groups is 4. The van der Waals surface area contributed by atoms with E-state index < -0.39 is 177 Å². The first kappa shape index (κ1) is 63.4. The van der Waals surface area contributed by atoms with Gasteiger partial charge in [-0.3, -0.25) is 23.7 Å².